The normalized spacial score (nSPS) is 18.8. The van der Waals surface area contributed by atoms with Gasteiger partial charge in [0.15, 0.2) is 0 Å². The number of aliphatic hydroxyl groups is 1. The zero-order chi connectivity index (χ0) is 24.7. The molecule has 1 amide bonds. The van der Waals surface area contributed by atoms with E-state index >= 15 is 0 Å². The first-order valence-corrected chi connectivity index (χ1v) is 11.3. The topological polar surface area (TPSA) is 79.5 Å². The standard InChI is InChI=1S/C24H25F3N4O4/c1-34-20-9-16(8-15-2-4-30(14-24(25,26)27)23(33)22(15)20)19-11-28-21-10-17(3-5-31(19)21)29-6-7-35-18(12-29)13-32/h3,5,8-11,18,32H,2,4,6-7,12-14H2,1H3. The van der Waals surface area contributed by atoms with Gasteiger partial charge in [-0.3, -0.25) is 9.20 Å². The Labute approximate surface area is 199 Å². The average molecular weight is 490 g/mol. The van der Waals surface area contributed by atoms with E-state index < -0.39 is 18.6 Å². The number of amides is 1. The van der Waals surface area contributed by atoms with Crippen molar-refractivity contribution in [2.45, 2.75) is 18.7 Å². The van der Waals surface area contributed by atoms with Crippen LogP contribution in [0.25, 0.3) is 16.9 Å². The molecule has 2 aromatic heterocycles. The molecule has 0 spiro atoms. The highest BCUT2D eigenvalue weighted by molar-refractivity contribution is 6.00. The number of halogens is 3. The highest BCUT2D eigenvalue weighted by Gasteiger charge is 2.37. The summed E-state index contributed by atoms with van der Waals surface area (Å²) >= 11 is 0. The van der Waals surface area contributed by atoms with Crippen LogP contribution < -0.4 is 9.64 Å². The Kier molecular flexibility index (Phi) is 6.06. The van der Waals surface area contributed by atoms with Crippen molar-refractivity contribution in [1.29, 1.82) is 0 Å². The minimum absolute atomic E-state index is 0.0111. The monoisotopic (exact) mass is 490 g/mol. The van der Waals surface area contributed by atoms with Gasteiger partial charge in [-0.15, -0.1) is 0 Å². The number of alkyl halides is 3. The SMILES string of the molecule is COc1cc(-c2cnc3cc(N4CCOC(CO)C4)ccn23)cc2c1C(=O)N(CC(F)(F)F)CC2. The van der Waals surface area contributed by atoms with Gasteiger partial charge in [-0.1, -0.05) is 0 Å². The zero-order valence-corrected chi connectivity index (χ0v) is 19.1. The number of methoxy groups -OCH3 is 1. The van der Waals surface area contributed by atoms with Gasteiger partial charge in [0.05, 0.1) is 43.9 Å². The number of rotatable bonds is 5. The van der Waals surface area contributed by atoms with E-state index in [1.54, 1.807) is 12.3 Å². The van der Waals surface area contributed by atoms with Gasteiger partial charge in [0.2, 0.25) is 0 Å². The summed E-state index contributed by atoms with van der Waals surface area (Å²) in [5, 5.41) is 9.41. The Morgan fingerprint density at radius 3 is 2.83 bits per heavy atom. The van der Waals surface area contributed by atoms with Gasteiger partial charge in [-0.2, -0.15) is 13.2 Å². The van der Waals surface area contributed by atoms with Crippen molar-refractivity contribution in [1.82, 2.24) is 14.3 Å². The van der Waals surface area contributed by atoms with E-state index in [4.69, 9.17) is 9.47 Å². The van der Waals surface area contributed by atoms with Gasteiger partial charge >= 0.3 is 6.18 Å². The van der Waals surface area contributed by atoms with E-state index in [9.17, 15) is 23.1 Å². The fourth-order valence-corrected chi connectivity index (χ4v) is 4.75. The second-order valence-electron chi connectivity index (χ2n) is 8.68. The van der Waals surface area contributed by atoms with E-state index in [1.165, 1.54) is 7.11 Å². The van der Waals surface area contributed by atoms with Crippen LogP contribution in [0.2, 0.25) is 0 Å². The number of carbonyl (C=O) groups excluding carboxylic acids is 1. The smallest absolute Gasteiger partial charge is 0.406 e. The summed E-state index contributed by atoms with van der Waals surface area (Å²) in [5.41, 5.74) is 4.03. The molecule has 0 saturated carbocycles. The minimum atomic E-state index is -4.46. The minimum Gasteiger partial charge on any atom is -0.496 e. The van der Waals surface area contributed by atoms with Crippen molar-refractivity contribution in [3.8, 4) is 17.0 Å². The lowest BCUT2D eigenvalue weighted by molar-refractivity contribution is -0.141. The van der Waals surface area contributed by atoms with Crippen LogP contribution in [0.5, 0.6) is 5.75 Å². The van der Waals surface area contributed by atoms with Gasteiger partial charge in [-0.25, -0.2) is 4.98 Å². The summed E-state index contributed by atoms with van der Waals surface area (Å²) in [6.07, 6.45) is -0.774. The molecule has 2 aliphatic rings. The molecule has 4 heterocycles. The summed E-state index contributed by atoms with van der Waals surface area (Å²) in [6.45, 7) is 0.493. The molecule has 186 valence electrons. The molecule has 1 unspecified atom stereocenters. The highest BCUT2D eigenvalue weighted by atomic mass is 19.4. The Hall–Kier alpha value is -3.31. The molecule has 35 heavy (non-hydrogen) atoms. The number of nitrogens with zero attached hydrogens (tertiary/aromatic N) is 4. The second-order valence-corrected chi connectivity index (χ2v) is 8.68. The van der Waals surface area contributed by atoms with Crippen molar-refractivity contribution >= 4 is 17.2 Å². The van der Waals surface area contributed by atoms with Gasteiger partial charge in [0.1, 0.15) is 17.9 Å². The maximum atomic E-state index is 12.9. The third kappa shape index (κ3) is 4.53. The Balaban J connectivity index is 1.47. The number of aromatic nitrogens is 2. The fraction of sp³-hybridized carbons (Fsp3) is 0.417. The van der Waals surface area contributed by atoms with Gasteiger partial charge < -0.3 is 24.4 Å². The van der Waals surface area contributed by atoms with Crippen LogP contribution in [0.4, 0.5) is 18.9 Å². The van der Waals surface area contributed by atoms with Gasteiger partial charge in [0.25, 0.3) is 5.91 Å². The van der Waals surface area contributed by atoms with Crippen LogP contribution in [0.15, 0.2) is 36.7 Å². The number of hydrogen-bond donors (Lipinski definition) is 1. The molecular weight excluding hydrogens is 465 g/mol. The lowest BCUT2D eigenvalue weighted by atomic mass is 9.94. The predicted molar refractivity (Wildman–Crippen MR) is 122 cm³/mol. The summed E-state index contributed by atoms with van der Waals surface area (Å²) in [5.74, 6) is -0.439. The Morgan fingerprint density at radius 2 is 2.09 bits per heavy atom. The molecule has 1 N–H and O–H groups in total. The molecule has 0 bridgehead atoms. The first-order valence-electron chi connectivity index (χ1n) is 11.3. The van der Waals surface area contributed by atoms with E-state index in [0.717, 1.165) is 21.8 Å². The molecule has 5 rings (SSSR count). The van der Waals surface area contributed by atoms with Crippen LogP contribution in [0, 0.1) is 0 Å². The van der Waals surface area contributed by atoms with Crippen LogP contribution in [-0.4, -0.2) is 84.1 Å². The summed E-state index contributed by atoms with van der Waals surface area (Å²) in [6, 6.07) is 7.41. The zero-order valence-electron chi connectivity index (χ0n) is 19.1. The van der Waals surface area contributed by atoms with E-state index in [1.807, 2.05) is 28.8 Å². The third-order valence-electron chi connectivity index (χ3n) is 6.43. The number of hydrogen-bond acceptors (Lipinski definition) is 6. The number of anilines is 1. The molecule has 8 nitrogen and oxygen atoms in total. The largest absolute Gasteiger partial charge is 0.496 e. The van der Waals surface area contributed by atoms with Gasteiger partial charge in [-0.05, 0) is 30.2 Å². The molecule has 1 atom stereocenters. The number of imidazole rings is 1. The summed E-state index contributed by atoms with van der Waals surface area (Å²) in [7, 11) is 1.40. The lowest BCUT2D eigenvalue weighted by Crippen LogP contribution is -2.44. The summed E-state index contributed by atoms with van der Waals surface area (Å²) < 4.78 is 51.6. The number of fused-ring (bicyclic) bond motifs is 2. The van der Waals surface area contributed by atoms with E-state index in [-0.39, 0.29) is 30.6 Å². The van der Waals surface area contributed by atoms with Gasteiger partial charge in [0, 0.05) is 43.1 Å². The molecule has 1 fully saturated rings. The van der Waals surface area contributed by atoms with Crippen molar-refractivity contribution in [3.63, 3.8) is 0 Å². The first-order chi connectivity index (χ1) is 16.8. The molecule has 0 aliphatic carbocycles. The Morgan fingerprint density at radius 1 is 1.26 bits per heavy atom. The van der Waals surface area contributed by atoms with Crippen molar-refractivity contribution < 1.29 is 32.5 Å². The quantitative estimate of drug-likeness (QED) is 0.593. The maximum absolute atomic E-state index is 12.9. The predicted octanol–water partition coefficient (Wildman–Crippen LogP) is 2.77. The first kappa shape index (κ1) is 23.4. The molecule has 11 heteroatoms. The van der Waals surface area contributed by atoms with Crippen LogP contribution >= 0.6 is 0 Å². The summed E-state index contributed by atoms with van der Waals surface area (Å²) in [4.78, 5) is 20.3. The molecule has 1 saturated heterocycles. The van der Waals surface area contributed by atoms with Crippen LogP contribution in [-0.2, 0) is 11.2 Å². The molecule has 2 aliphatic heterocycles. The van der Waals surface area contributed by atoms with Crippen molar-refractivity contribution in [2.24, 2.45) is 0 Å². The molecule has 0 radical (unpaired) electrons. The van der Waals surface area contributed by atoms with Crippen molar-refractivity contribution in [3.05, 3.63) is 47.8 Å². The van der Waals surface area contributed by atoms with E-state index in [2.05, 4.69) is 9.88 Å². The highest BCUT2D eigenvalue weighted by Crippen LogP contribution is 2.35. The van der Waals surface area contributed by atoms with E-state index in [0.29, 0.717) is 37.3 Å². The molecule has 3 aromatic rings. The second kappa shape index (κ2) is 9.04. The number of pyridine rings is 1. The average Bonchev–Trinajstić information content (AvgIpc) is 3.27. The number of carbonyl (C=O) groups is 1. The molecular formula is C24H25F3N4O4. The Bertz CT molecular complexity index is 1240. The number of ether oxygens (including phenoxy) is 2. The number of benzene rings is 1. The third-order valence-corrected chi connectivity index (χ3v) is 6.43. The van der Waals surface area contributed by atoms with Crippen LogP contribution in [0.3, 0.4) is 0 Å². The maximum Gasteiger partial charge on any atom is 0.406 e. The number of aliphatic hydroxyl groups excluding tert-OH is 1. The van der Waals surface area contributed by atoms with Crippen molar-refractivity contribution in [2.75, 3.05) is 51.4 Å². The van der Waals surface area contributed by atoms with Crippen LogP contribution in [0.1, 0.15) is 15.9 Å². The molecule has 1 aromatic carbocycles. The fourth-order valence-electron chi connectivity index (χ4n) is 4.75. The lowest BCUT2D eigenvalue weighted by Gasteiger charge is -2.33. The number of morpholine rings is 1.